The maximum atomic E-state index is 13.1. The van der Waals surface area contributed by atoms with Gasteiger partial charge in [0.05, 0.1) is 12.7 Å². The van der Waals surface area contributed by atoms with Gasteiger partial charge in [0.15, 0.2) is 0 Å². The molecule has 0 atom stereocenters. The topological polar surface area (TPSA) is 38.3 Å². The van der Waals surface area contributed by atoms with Crippen LogP contribution in [-0.4, -0.2) is 13.0 Å². The number of ether oxygens (including phenoxy) is 1. The van der Waals surface area contributed by atoms with Crippen molar-refractivity contribution in [1.29, 1.82) is 0 Å². The summed E-state index contributed by atoms with van der Waals surface area (Å²) in [6.45, 7) is 0. The van der Waals surface area contributed by atoms with Gasteiger partial charge >= 0.3 is 0 Å². The van der Waals surface area contributed by atoms with E-state index in [0.717, 1.165) is 33.0 Å². The van der Waals surface area contributed by atoms with Gasteiger partial charge in [-0.25, -0.2) is 0 Å². The fourth-order valence-corrected chi connectivity index (χ4v) is 3.13. The summed E-state index contributed by atoms with van der Waals surface area (Å²) >= 11 is 0. The summed E-state index contributed by atoms with van der Waals surface area (Å²) in [5.74, 6) is 0.645. The minimum atomic E-state index is -0.113. The molecule has 4 aromatic rings. The number of carbonyl (C=O) groups excluding carboxylic acids is 1. The van der Waals surface area contributed by atoms with Crippen molar-refractivity contribution in [3.8, 4) is 5.75 Å². The molecule has 0 aliphatic carbocycles. The van der Waals surface area contributed by atoms with Crippen molar-refractivity contribution in [1.82, 2.24) is 0 Å². The Morgan fingerprint density at radius 2 is 1.36 bits per heavy atom. The normalized spacial score (nSPS) is 10.8. The molecule has 122 valence electrons. The Morgan fingerprint density at radius 1 is 0.800 bits per heavy atom. The van der Waals surface area contributed by atoms with Gasteiger partial charge in [-0.1, -0.05) is 48.5 Å². The molecule has 4 aromatic carbocycles. The largest absolute Gasteiger partial charge is 0.497 e. The summed E-state index contributed by atoms with van der Waals surface area (Å²) in [6.07, 6.45) is 0. The number of carbonyl (C=O) groups is 1. The average Bonchev–Trinajstić information content (AvgIpc) is 2.66. The van der Waals surface area contributed by atoms with Gasteiger partial charge < -0.3 is 10.1 Å². The van der Waals surface area contributed by atoms with Crippen LogP contribution in [0.1, 0.15) is 10.4 Å². The quantitative estimate of drug-likeness (QED) is 0.522. The molecule has 0 unspecified atom stereocenters. The number of rotatable bonds is 3. The number of fused-ring (bicyclic) bond motifs is 2. The van der Waals surface area contributed by atoms with E-state index in [9.17, 15) is 4.79 Å². The minimum absolute atomic E-state index is 0.113. The lowest BCUT2D eigenvalue weighted by Crippen LogP contribution is -2.13. The summed E-state index contributed by atoms with van der Waals surface area (Å²) in [5.41, 5.74) is 1.44. The summed E-state index contributed by atoms with van der Waals surface area (Å²) < 4.78 is 5.16. The Kier molecular flexibility index (Phi) is 3.82. The average molecular weight is 327 g/mol. The molecular weight excluding hydrogens is 310 g/mol. The fourth-order valence-electron chi connectivity index (χ4n) is 3.13. The van der Waals surface area contributed by atoms with Crippen LogP contribution in [0.3, 0.4) is 0 Å². The third kappa shape index (κ3) is 2.81. The number of methoxy groups -OCH3 is 1. The van der Waals surface area contributed by atoms with E-state index < -0.39 is 0 Å². The van der Waals surface area contributed by atoms with Crippen LogP contribution in [0.4, 0.5) is 5.69 Å². The van der Waals surface area contributed by atoms with Gasteiger partial charge in [0, 0.05) is 5.69 Å². The number of amides is 1. The second kappa shape index (κ2) is 6.29. The Morgan fingerprint density at radius 3 is 1.92 bits per heavy atom. The van der Waals surface area contributed by atoms with Gasteiger partial charge in [0.1, 0.15) is 5.75 Å². The van der Waals surface area contributed by atoms with Gasteiger partial charge in [0.2, 0.25) is 0 Å². The van der Waals surface area contributed by atoms with Gasteiger partial charge in [-0.3, -0.25) is 4.79 Å². The summed E-state index contributed by atoms with van der Waals surface area (Å²) in [6, 6.07) is 25.4. The van der Waals surface area contributed by atoms with E-state index in [1.165, 1.54) is 0 Å². The van der Waals surface area contributed by atoms with Crippen LogP contribution in [0.15, 0.2) is 78.9 Å². The lowest BCUT2D eigenvalue weighted by atomic mass is 9.96. The van der Waals surface area contributed by atoms with Gasteiger partial charge in [-0.2, -0.15) is 0 Å². The van der Waals surface area contributed by atoms with Crippen LogP contribution in [0, 0.1) is 0 Å². The van der Waals surface area contributed by atoms with Crippen molar-refractivity contribution < 1.29 is 9.53 Å². The predicted octanol–water partition coefficient (Wildman–Crippen LogP) is 5.25. The molecule has 0 aliphatic rings. The molecule has 0 fully saturated rings. The van der Waals surface area contributed by atoms with Crippen LogP contribution in [0.2, 0.25) is 0 Å². The Bertz CT molecular complexity index is 1010. The molecule has 0 saturated heterocycles. The number of hydrogen-bond donors (Lipinski definition) is 1. The van der Waals surface area contributed by atoms with Crippen molar-refractivity contribution in [3.05, 3.63) is 84.4 Å². The van der Waals surface area contributed by atoms with Crippen molar-refractivity contribution in [2.75, 3.05) is 12.4 Å². The Hall–Kier alpha value is -3.33. The zero-order valence-electron chi connectivity index (χ0n) is 13.8. The fraction of sp³-hybridized carbons (Fsp3) is 0.0455. The molecule has 0 spiro atoms. The summed E-state index contributed by atoms with van der Waals surface area (Å²) in [4.78, 5) is 13.1. The molecule has 0 aliphatic heterocycles. The predicted molar refractivity (Wildman–Crippen MR) is 102 cm³/mol. The second-order valence-corrected chi connectivity index (χ2v) is 5.88. The molecule has 0 bridgehead atoms. The summed E-state index contributed by atoms with van der Waals surface area (Å²) in [5, 5.41) is 7.01. The van der Waals surface area contributed by atoms with E-state index in [1.54, 1.807) is 7.11 Å². The number of hydrogen-bond acceptors (Lipinski definition) is 2. The highest BCUT2D eigenvalue weighted by atomic mass is 16.5. The summed E-state index contributed by atoms with van der Waals surface area (Å²) in [7, 11) is 1.62. The minimum Gasteiger partial charge on any atom is -0.497 e. The van der Waals surface area contributed by atoms with Crippen molar-refractivity contribution >= 4 is 33.1 Å². The van der Waals surface area contributed by atoms with E-state index in [-0.39, 0.29) is 5.91 Å². The monoisotopic (exact) mass is 327 g/mol. The molecule has 4 rings (SSSR count). The molecule has 3 nitrogen and oxygen atoms in total. The highest BCUT2D eigenvalue weighted by Gasteiger charge is 2.15. The molecule has 1 N–H and O–H groups in total. The first kappa shape index (κ1) is 15.2. The highest BCUT2D eigenvalue weighted by Crippen LogP contribution is 2.29. The van der Waals surface area contributed by atoms with E-state index >= 15 is 0 Å². The Labute approximate surface area is 145 Å². The number of benzene rings is 4. The van der Waals surface area contributed by atoms with E-state index in [0.29, 0.717) is 5.56 Å². The lowest BCUT2D eigenvalue weighted by molar-refractivity contribution is 0.103. The molecule has 0 heterocycles. The van der Waals surface area contributed by atoms with Crippen LogP contribution in [0.5, 0.6) is 5.75 Å². The lowest BCUT2D eigenvalue weighted by Gasteiger charge is -2.12. The Balaban J connectivity index is 1.83. The first-order chi connectivity index (χ1) is 12.3. The maximum Gasteiger partial charge on any atom is 0.256 e. The smallest absolute Gasteiger partial charge is 0.256 e. The van der Waals surface area contributed by atoms with E-state index in [1.807, 2.05) is 72.8 Å². The van der Waals surface area contributed by atoms with Crippen LogP contribution >= 0.6 is 0 Å². The first-order valence-electron chi connectivity index (χ1n) is 8.12. The SMILES string of the molecule is COc1ccc(NC(=O)c2c3ccccc3cc3ccccc23)cc1. The van der Waals surface area contributed by atoms with Crippen LogP contribution < -0.4 is 10.1 Å². The van der Waals surface area contributed by atoms with Crippen LogP contribution in [0.25, 0.3) is 21.5 Å². The zero-order chi connectivity index (χ0) is 17.2. The maximum absolute atomic E-state index is 13.1. The van der Waals surface area contributed by atoms with E-state index in [2.05, 4.69) is 11.4 Å². The standard InChI is InChI=1S/C22H17NO2/c1-25-18-12-10-17(11-13-18)23-22(24)21-19-8-4-2-6-15(19)14-16-7-3-5-9-20(16)21/h2-14H,1H3,(H,23,24). The van der Waals surface area contributed by atoms with Crippen LogP contribution in [-0.2, 0) is 0 Å². The molecule has 0 aromatic heterocycles. The highest BCUT2D eigenvalue weighted by molar-refractivity contribution is 6.21. The molecule has 0 saturated carbocycles. The number of nitrogens with one attached hydrogen (secondary N) is 1. The van der Waals surface area contributed by atoms with Gasteiger partial charge in [0.25, 0.3) is 5.91 Å². The number of anilines is 1. The van der Waals surface area contributed by atoms with Crippen molar-refractivity contribution in [2.24, 2.45) is 0 Å². The van der Waals surface area contributed by atoms with Gasteiger partial charge in [-0.15, -0.1) is 0 Å². The molecule has 1 amide bonds. The second-order valence-electron chi connectivity index (χ2n) is 5.88. The van der Waals surface area contributed by atoms with Crippen molar-refractivity contribution in [2.45, 2.75) is 0 Å². The van der Waals surface area contributed by atoms with E-state index in [4.69, 9.17) is 4.74 Å². The first-order valence-corrected chi connectivity index (χ1v) is 8.12. The molecule has 0 radical (unpaired) electrons. The van der Waals surface area contributed by atoms with Gasteiger partial charge in [-0.05, 0) is 51.9 Å². The third-order valence-corrected chi connectivity index (χ3v) is 4.35. The molecule has 25 heavy (non-hydrogen) atoms. The zero-order valence-corrected chi connectivity index (χ0v) is 13.8. The van der Waals surface area contributed by atoms with Crippen molar-refractivity contribution in [3.63, 3.8) is 0 Å². The third-order valence-electron chi connectivity index (χ3n) is 4.35. The molecule has 3 heteroatoms. The molecular formula is C22H17NO2.